The van der Waals surface area contributed by atoms with Crippen LogP contribution < -0.4 is 9.04 Å². The third-order valence-electron chi connectivity index (χ3n) is 5.74. The first-order valence-electron chi connectivity index (χ1n) is 11.8. The average molecular weight is 524 g/mol. The van der Waals surface area contributed by atoms with Crippen LogP contribution in [0.15, 0.2) is 48.5 Å². The number of carbonyl (C=O) groups excluding carboxylic acids is 1. The normalized spacial score (nSPS) is 15.5. The smallest absolute Gasteiger partial charge is 0.265 e. The molecular formula is C25H34FN3O6S. The van der Waals surface area contributed by atoms with Gasteiger partial charge in [-0.3, -0.25) is 19.2 Å². The number of ether oxygens (including phenoxy) is 2. The zero-order chi connectivity index (χ0) is 26.3. The molecule has 2 aromatic rings. The molecule has 0 spiro atoms. The molecule has 0 unspecified atom stereocenters. The fraction of sp³-hybridized carbons (Fsp3) is 0.480. The molecule has 3 rings (SSSR count). The largest absolute Gasteiger partial charge is 0.457 e. The Morgan fingerprint density at radius 1 is 1.06 bits per heavy atom. The number of amides is 1. The van der Waals surface area contributed by atoms with Crippen LogP contribution in [0.25, 0.3) is 0 Å². The molecule has 1 N–H and O–H groups in total. The SMILES string of the molecule is CC(C)CN(O)C(=O)[C@H](CN(c1ccc(Oc2ccc(CF)cc2)cc1)S(C)(=O)=O)N1CCOCC1. The molecule has 1 amide bonds. The van der Waals surface area contributed by atoms with Gasteiger partial charge in [0.05, 0.1) is 38.2 Å². The second-order valence-electron chi connectivity index (χ2n) is 9.15. The van der Waals surface area contributed by atoms with Crippen molar-refractivity contribution >= 4 is 21.6 Å². The van der Waals surface area contributed by atoms with Crippen LogP contribution in [0.1, 0.15) is 19.4 Å². The van der Waals surface area contributed by atoms with E-state index in [1.807, 2.05) is 18.7 Å². The molecule has 1 fully saturated rings. The Morgan fingerprint density at radius 2 is 1.61 bits per heavy atom. The highest BCUT2D eigenvalue weighted by atomic mass is 32.2. The van der Waals surface area contributed by atoms with Crippen LogP contribution in [0.5, 0.6) is 11.5 Å². The molecule has 2 aromatic carbocycles. The quantitative estimate of drug-likeness (QED) is 0.356. The molecular weight excluding hydrogens is 489 g/mol. The van der Waals surface area contributed by atoms with E-state index in [0.29, 0.717) is 54.1 Å². The number of alkyl halides is 1. The number of hydroxylamine groups is 2. The van der Waals surface area contributed by atoms with E-state index < -0.39 is 28.6 Å². The summed E-state index contributed by atoms with van der Waals surface area (Å²) in [6, 6.07) is 12.1. The van der Waals surface area contributed by atoms with Crippen molar-refractivity contribution in [1.82, 2.24) is 9.96 Å². The molecule has 1 aliphatic heterocycles. The van der Waals surface area contributed by atoms with Crippen LogP contribution in [-0.2, 0) is 26.2 Å². The van der Waals surface area contributed by atoms with Gasteiger partial charge in [0.1, 0.15) is 24.2 Å². The lowest BCUT2D eigenvalue weighted by Crippen LogP contribution is -2.57. The number of sulfonamides is 1. The summed E-state index contributed by atoms with van der Waals surface area (Å²) in [6.45, 7) is 4.87. The van der Waals surface area contributed by atoms with Crippen LogP contribution in [-0.4, -0.2) is 81.2 Å². The predicted octanol–water partition coefficient (Wildman–Crippen LogP) is 3.29. The molecule has 198 valence electrons. The van der Waals surface area contributed by atoms with Crippen molar-refractivity contribution in [3.05, 3.63) is 54.1 Å². The van der Waals surface area contributed by atoms with Gasteiger partial charge in [-0.2, -0.15) is 0 Å². The second-order valence-corrected chi connectivity index (χ2v) is 11.1. The minimum Gasteiger partial charge on any atom is -0.457 e. The Labute approximate surface area is 212 Å². The molecule has 11 heteroatoms. The first kappa shape index (κ1) is 27.9. The van der Waals surface area contributed by atoms with Crippen molar-refractivity contribution < 1.29 is 32.3 Å². The van der Waals surface area contributed by atoms with Crippen molar-refractivity contribution in [3.8, 4) is 11.5 Å². The highest BCUT2D eigenvalue weighted by molar-refractivity contribution is 7.92. The maximum atomic E-state index is 13.2. The van der Waals surface area contributed by atoms with Gasteiger partial charge in [0.2, 0.25) is 10.0 Å². The topological polar surface area (TPSA) is 99.6 Å². The van der Waals surface area contributed by atoms with Gasteiger partial charge < -0.3 is 9.47 Å². The fourth-order valence-corrected chi connectivity index (χ4v) is 4.82. The molecule has 0 aliphatic carbocycles. The van der Waals surface area contributed by atoms with E-state index in [1.165, 1.54) is 0 Å². The van der Waals surface area contributed by atoms with Crippen LogP contribution in [0.3, 0.4) is 0 Å². The Morgan fingerprint density at radius 3 is 2.11 bits per heavy atom. The van der Waals surface area contributed by atoms with Crippen molar-refractivity contribution in [2.45, 2.75) is 26.6 Å². The molecule has 9 nitrogen and oxygen atoms in total. The Kier molecular flexibility index (Phi) is 9.66. The van der Waals surface area contributed by atoms with Gasteiger partial charge in [-0.15, -0.1) is 0 Å². The summed E-state index contributed by atoms with van der Waals surface area (Å²) in [4.78, 5) is 15.0. The van der Waals surface area contributed by atoms with E-state index in [-0.39, 0.29) is 19.0 Å². The van der Waals surface area contributed by atoms with Gasteiger partial charge in [-0.25, -0.2) is 17.9 Å². The molecule has 0 aromatic heterocycles. The zero-order valence-corrected chi connectivity index (χ0v) is 21.7. The molecule has 0 bridgehead atoms. The molecule has 36 heavy (non-hydrogen) atoms. The van der Waals surface area contributed by atoms with Crippen molar-refractivity contribution in [2.24, 2.45) is 5.92 Å². The van der Waals surface area contributed by atoms with Gasteiger partial charge in [0.15, 0.2) is 0 Å². The zero-order valence-electron chi connectivity index (χ0n) is 20.8. The predicted molar refractivity (Wildman–Crippen MR) is 134 cm³/mol. The van der Waals surface area contributed by atoms with Gasteiger partial charge in [-0.05, 0) is 47.9 Å². The Balaban J connectivity index is 1.83. The van der Waals surface area contributed by atoms with Crippen molar-refractivity contribution in [3.63, 3.8) is 0 Å². The summed E-state index contributed by atoms with van der Waals surface area (Å²) in [7, 11) is -3.77. The van der Waals surface area contributed by atoms with Crippen LogP contribution in [0, 0.1) is 5.92 Å². The van der Waals surface area contributed by atoms with Gasteiger partial charge in [0.25, 0.3) is 5.91 Å². The minimum atomic E-state index is -3.77. The third-order valence-corrected chi connectivity index (χ3v) is 6.90. The molecule has 1 atom stereocenters. The number of carbonyl (C=O) groups is 1. The van der Waals surface area contributed by atoms with E-state index >= 15 is 0 Å². The number of hydrogen-bond acceptors (Lipinski definition) is 7. The monoisotopic (exact) mass is 523 g/mol. The van der Waals surface area contributed by atoms with E-state index in [4.69, 9.17) is 9.47 Å². The summed E-state index contributed by atoms with van der Waals surface area (Å²) in [5.74, 6) is 0.470. The van der Waals surface area contributed by atoms with E-state index in [0.717, 1.165) is 10.6 Å². The van der Waals surface area contributed by atoms with E-state index in [9.17, 15) is 22.8 Å². The van der Waals surface area contributed by atoms with Gasteiger partial charge >= 0.3 is 0 Å². The third kappa shape index (κ3) is 7.63. The Bertz CT molecular complexity index is 1090. The summed E-state index contributed by atoms with van der Waals surface area (Å²) >= 11 is 0. The van der Waals surface area contributed by atoms with E-state index in [1.54, 1.807) is 48.5 Å². The number of halogens is 1. The number of nitrogens with zero attached hydrogens (tertiary/aromatic N) is 3. The lowest BCUT2D eigenvalue weighted by Gasteiger charge is -2.37. The average Bonchev–Trinajstić information content (AvgIpc) is 2.85. The van der Waals surface area contributed by atoms with Crippen molar-refractivity contribution in [2.75, 3.05) is 50.0 Å². The number of anilines is 1. The minimum absolute atomic E-state index is 0.0380. The maximum Gasteiger partial charge on any atom is 0.265 e. The summed E-state index contributed by atoms with van der Waals surface area (Å²) < 4.78 is 50.6. The summed E-state index contributed by atoms with van der Waals surface area (Å²) in [5.41, 5.74) is 0.901. The number of morpholine rings is 1. The van der Waals surface area contributed by atoms with Crippen molar-refractivity contribution in [1.29, 1.82) is 0 Å². The van der Waals surface area contributed by atoms with Gasteiger partial charge in [0, 0.05) is 13.1 Å². The fourth-order valence-electron chi connectivity index (χ4n) is 3.90. The molecule has 0 saturated carbocycles. The number of benzene rings is 2. The van der Waals surface area contributed by atoms with Crippen LogP contribution in [0.4, 0.5) is 10.1 Å². The maximum absolute atomic E-state index is 13.2. The molecule has 1 saturated heterocycles. The van der Waals surface area contributed by atoms with Crippen LogP contribution in [0.2, 0.25) is 0 Å². The Hall–Kier alpha value is -2.73. The first-order chi connectivity index (χ1) is 17.1. The summed E-state index contributed by atoms with van der Waals surface area (Å²) in [6.07, 6.45) is 1.08. The van der Waals surface area contributed by atoms with E-state index in [2.05, 4.69) is 0 Å². The lowest BCUT2D eigenvalue weighted by molar-refractivity contribution is -0.174. The molecule has 1 aliphatic rings. The second kappa shape index (κ2) is 12.5. The van der Waals surface area contributed by atoms with Gasteiger partial charge in [-0.1, -0.05) is 26.0 Å². The highest BCUT2D eigenvalue weighted by Crippen LogP contribution is 2.27. The number of hydrogen-bond donors (Lipinski definition) is 1. The number of rotatable bonds is 11. The highest BCUT2D eigenvalue weighted by Gasteiger charge is 2.35. The standard InChI is InChI=1S/C25H34FN3O6S/c1-19(2)17-28(31)25(30)24(27-12-14-34-15-13-27)18-29(36(3,32)33)21-6-10-23(11-7-21)35-22-8-4-20(16-26)5-9-22/h4-11,19,24,31H,12-18H2,1-3H3/t24-/m0/s1. The first-order valence-corrected chi connectivity index (χ1v) is 13.7. The summed E-state index contributed by atoms with van der Waals surface area (Å²) in [5, 5.41) is 11.1. The lowest BCUT2D eigenvalue weighted by atomic mass is 10.1. The molecule has 0 radical (unpaired) electrons. The molecule has 1 heterocycles. The van der Waals surface area contributed by atoms with Crippen LogP contribution >= 0.6 is 0 Å².